The monoisotopic (exact) mass is 252 g/mol. The third-order valence-electron chi connectivity index (χ3n) is 3.58. The van der Waals surface area contributed by atoms with Gasteiger partial charge >= 0.3 is 6.01 Å². The third kappa shape index (κ3) is 3.22. The van der Waals surface area contributed by atoms with Crippen molar-refractivity contribution >= 4 is 6.01 Å². The molecular weight excluding hydrogens is 228 g/mol. The van der Waals surface area contributed by atoms with Crippen LogP contribution in [0.2, 0.25) is 0 Å². The molecule has 102 valence electrons. The van der Waals surface area contributed by atoms with Crippen LogP contribution in [0.3, 0.4) is 0 Å². The summed E-state index contributed by atoms with van der Waals surface area (Å²) in [6, 6.07) is 1.26. The molecule has 5 nitrogen and oxygen atoms in total. The molecule has 0 bridgehead atoms. The van der Waals surface area contributed by atoms with Crippen molar-refractivity contribution in [1.29, 1.82) is 0 Å². The highest BCUT2D eigenvalue weighted by molar-refractivity contribution is 5.26. The van der Waals surface area contributed by atoms with E-state index in [1.807, 2.05) is 0 Å². The van der Waals surface area contributed by atoms with E-state index < -0.39 is 0 Å². The van der Waals surface area contributed by atoms with Gasteiger partial charge in [-0.25, -0.2) is 0 Å². The van der Waals surface area contributed by atoms with E-state index in [1.54, 1.807) is 0 Å². The van der Waals surface area contributed by atoms with E-state index in [0.717, 1.165) is 19.5 Å². The van der Waals surface area contributed by atoms with Crippen LogP contribution in [0.4, 0.5) is 6.01 Å². The van der Waals surface area contributed by atoms with Crippen LogP contribution in [0, 0.1) is 0 Å². The second-order valence-corrected chi connectivity index (χ2v) is 4.86. The summed E-state index contributed by atoms with van der Waals surface area (Å²) >= 11 is 0. The number of aromatic nitrogens is 2. The summed E-state index contributed by atoms with van der Waals surface area (Å²) in [5.74, 6) is 0.686. The molecule has 1 aliphatic rings. The van der Waals surface area contributed by atoms with Gasteiger partial charge in [-0.1, -0.05) is 31.8 Å². The molecule has 1 saturated heterocycles. The summed E-state index contributed by atoms with van der Waals surface area (Å²) in [7, 11) is 0. The number of nitrogens with zero attached hydrogens (tertiary/aromatic N) is 3. The van der Waals surface area contributed by atoms with Gasteiger partial charge in [-0.2, -0.15) is 0 Å². The highest BCUT2D eigenvalue weighted by Crippen LogP contribution is 2.24. The fraction of sp³-hybridized carbons (Fsp3) is 0.846. The smallest absolute Gasteiger partial charge is 0.318 e. The molecule has 1 aromatic rings. The first-order valence-electron chi connectivity index (χ1n) is 7.14. The third-order valence-corrected chi connectivity index (χ3v) is 3.58. The van der Waals surface area contributed by atoms with Crippen LogP contribution in [0.5, 0.6) is 0 Å². The normalized spacial score (nSPS) is 21.0. The van der Waals surface area contributed by atoms with E-state index in [0.29, 0.717) is 24.5 Å². The Morgan fingerprint density at radius 3 is 2.94 bits per heavy atom. The van der Waals surface area contributed by atoms with Gasteiger partial charge in [0.15, 0.2) is 0 Å². The quantitative estimate of drug-likeness (QED) is 0.871. The molecule has 2 heterocycles. The van der Waals surface area contributed by atoms with Gasteiger partial charge in [0.1, 0.15) is 0 Å². The number of hydrogen-bond donors (Lipinski definition) is 1. The maximum absolute atomic E-state index is 5.75. The molecule has 0 radical (unpaired) electrons. The molecule has 5 heteroatoms. The zero-order valence-corrected chi connectivity index (χ0v) is 11.5. The highest BCUT2D eigenvalue weighted by atomic mass is 16.4. The van der Waals surface area contributed by atoms with Crippen molar-refractivity contribution in [3.8, 4) is 0 Å². The Morgan fingerprint density at radius 1 is 1.28 bits per heavy atom. The summed E-state index contributed by atoms with van der Waals surface area (Å²) in [6.45, 7) is 6.92. The van der Waals surface area contributed by atoms with Gasteiger partial charge in [0, 0.05) is 12.6 Å². The van der Waals surface area contributed by atoms with Crippen molar-refractivity contribution in [1.82, 2.24) is 15.5 Å². The van der Waals surface area contributed by atoms with Crippen molar-refractivity contribution in [2.75, 3.05) is 18.0 Å². The maximum Gasteiger partial charge on any atom is 0.318 e. The minimum atomic E-state index is 0.555. The molecule has 1 N–H and O–H groups in total. The summed E-state index contributed by atoms with van der Waals surface area (Å²) in [5.41, 5.74) is 0. The van der Waals surface area contributed by atoms with Crippen LogP contribution in [0.15, 0.2) is 4.42 Å². The largest absolute Gasteiger partial charge is 0.407 e. The molecule has 0 amide bonds. The Balaban J connectivity index is 2.05. The lowest BCUT2D eigenvalue weighted by Crippen LogP contribution is -2.34. The van der Waals surface area contributed by atoms with Gasteiger partial charge in [0.25, 0.3) is 0 Å². The summed E-state index contributed by atoms with van der Waals surface area (Å²) < 4.78 is 5.75. The molecular formula is C13H24N4O. The van der Waals surface area contributed by atoms with Crippen LogP contribution in [0.1, 0.15) is 51.8 Å². The molecule has 0 aromatic carbocycles. The van der Waals surface area contributed by atoms with Gasteiger partial charge in [-0.3, -0.25) is 0 Å². The first-order valence-corrected chi connectivity index (χ1v) is 7.14. The predicted molar refractivity (Wildman–Crippen MR) is 71.6 cm³/mol. The molecule has 1 fully saturated rings. The first kappa shape index (κ1) is 13.3. The number of anilines is 1. The Bertz CT molecular complexity index is 353. The minimum absolute atomic E-state index is 0.555. The lowest BCUT2D eigenvalue weighted by molar-refractivity contribution is 0.441. The fourth-order valence-electron chi connectivity index (χ4n) is 2.52. The number of rotatable bonds is 5. The van der Waals surface area contributed by atoms with Crippen LogP contribution in [0.25, 0.3) is 0 Å². The molecule has 1 aromatic heterocycles. The topological polar surface area (TPSA) is 54.2 Å². The first-order chi connectivity index (χ1) is 8.85. The van der Waals surface area contributed by atoms with Crippen molar-refractivity contribution < 1.29 is 4.42 Å². The van der Waals surface area contributed by atoms with E-state index in [2.05, 4.69) is 34.3 Å². The molecule has 1 atom stereocenters. The number of nitrogens with one attached hydrogen (secondary N) is 1. The molecule has 1 aliphatic heterocycles. The molecule has 0 spiro atoms. The Labute approximate surface area is 109 Å². The zero-order chi connectivity index (χ0) is 12.8. The highest BCUT2D eigenvalue weighted by Gasteiger charge is 2.23. The van der Waals surface area contributed by atoms with Gasteiger partial charge in [0.05, 0.1) is 6.54 Å². The van der Waals surface area contributed by atoms with Gasteiger partial charge in [-0.15, -0.1) is 5.10 Å². The maximum atomic E-state index is 5.75. The van der Waals surface area contributed by atoms with Gasteiger partial charge in [-0.05, 0) is 25.8 Å². The molecule has 0 aliphatic carbocycles. The lowest BCUT2D eigenvalue weighted by Gasteiger charge is -2.26. The summed E-state index contributed by atoms with van der Waals surface area (Å²) in [4.78, 5) is 2.30. The molecule has 1 unspecified atom stereocenters. The van der Waals surface area contributed by atoms with E-state index in [9.17, 15) is 0 Å². The Hall–Kier alpha value is -1.10. The average Bonchev–Trinajstić information content (AvgIpc) is 2.73. The Morgan fingerprint density at radius 2 is 2.17 bits per heavy atom. The van der Waals surface area contributed by atoms with Gasteiger partial charge in [0.2, 0.25) is 5.89 Å². The molecule has 2 rings (SSSR count). The van der Waals surface area contributed by atoms with E-state index in [1.165, 1.54) is 25.7 Å². The van der Waals surface area contributed by atoms with Crippen molar-refractivity contribution in [3.63, 3.8) is 0 Å². The van der Waals surface area contributed by atoms with Crippen molar-refractivity contribution in [3.05, 3.63) is 5.89 Å². The Kier molecular flexibility index (Phi) is 4.99. The summed E-state index contributed by atoms with van der Waals surface area (Å²) in [6.07, 6.45) is 6.23. The van der Waals surface area contributed by atoms with E-state index >= 15 is 0 Å². The lowest BCUT2D eigenvalue weighted by atomic mass is 10.1. The van der Waals surface area contributed by atoms with E-state index in [4.69, 9.17) is 4.42 Å². The zero-order valence-electron chi connectivity index (χ0n) is 11.5. The SMILES string of the molecule is CCNCc1nnc(N2CCCCCC2CC)o1. The minimum Gasteiger partial charge on any atom is -0.407 e. The van der Waals surface area contributed by atoms with E-state index in [-0.39, 0.29) is 0 Å². The second-order valence-electron chi connectivity index (χ2n) is 4.86. The van der Waals surface area contributed by atoms with Crippen LogP contribution in [-0.2, 0) is 6.54 Å². The second kappa shape index (κ2) is 6.73. The van der Waals surface area contributed by atoms with Crippen LogP contribution in [-0.4, -0.2) is 29.3 Å². The number of hydrogen-bond acceptors (Lipinski definition) is 5. The van der Waals surface area contributed by atoms with Crippen LogP contribution < -0.4 is 10.2 Å². The van der Waals surface area contributed by atoms with Gasteiger partial charge < -0.3 is 14.6 Å². The van der Waals surface area contributed by atoms with Crippen molar-refractivity contribution in [2.24, 2.45) is 0 Å². The molecule has 0 saturated carbocycles. The molecule has 18 heavy (non-hydrogen) atoms. The van der Waals surface area contributed by atoms with Crippen LogP contribution >= 0.6 is 0 Å². The standard InChI is InChI=1S/C13H24N4O/c1-3-11-8-6-5-7-9-17(11)13-16-15-12(18-13)10-14-4-2/h11,14H,3-10H2,1-2H3. The van der Waals surface area contributed by atoms with Crippen molar-refractivity contribution in [2.45, 2.75) is 58.5 Å². The predicted octanol–water partition coefficient (Wildman–Crippen LogP) is 2.34. The summed E-state index contributed by atoms with van der Waals surface area (Å²) in [5, 5.41) is 11.5. The average molecular weight is 252 g/mol. The fourth-order valence-corrected chi connectivity index (χ4v) is 2.52.